The number of ketones is 1. The van der Waals surface area contributed by atoms with Crippen molar-refractivity contribution >= 4 is 29.2 Å². The third kappa shape index (κ3) is 7.87. The zero-order chi connectivity index (χ0) is 24.8. The zero-order valence-corrected chi connectivity index (χ0v) is 21.5. The minimum absolute atomic E-state index is 0.0418. The molecular formula is C26H39NO5S. The van der Waals surface area contributed by atoms with E-state index in [2.05, 4.69) is 18.0 Å². The maximum atomic E-state index is 13.1. The average molecular weight is 478 g/mol. The van der Waals surface area contributed by atoms with Gasteiger partial charge in [0.2, 0.25) is 0 Å². The van der Waals surface area contributed by atoms with Gasteiger partial charge in [0, 0.05) is 17.7 Å². The number of aromatic nitrogens is 1. The lowest BCUT2D eigenvalue weighted by molar-refractivity contribution is -0.153. The Labute approximate surface area is 201 Å². The van der Waals surface area contributed by atoms with Gasteiger partial charge in [-0.1, -0.05) is 39.3 Å². The average Bonchev–Trinajstić information content (AvgIpc) is 3.18. The van der Waals surface area contributed by atoms with Gasteiger partial charge in [-0.05, 0) is 51.2 Å². The molecule has 7 heteroatoms. The van der Waals surface area contributed by atoms with Crippen molar-refractivity contribution in [3.05, 3.63) is 33.8 Å². The van der Waals surface area contributed by atoms with Gasteiger partial charge in [0.15, 0.2) is 0 Å². The van der Waals surface area contributed by atoms with Gasteiger partial charge in [-0.2, -0.15) is 0 Å². The van der Waals surface area contributed by atoms with Crippen LogP contribution in [-0.2, 0) is 14.3 Å². The molecular weight excluding hydrogens is 438 g/mol. The monoisotopic (exact) mass is 477 g/mol. The minimum Gasteiger partial charge on any atom is -0.458 e. The Hall–Kier alpha value is -1.83. The molecule has 184 valence electrons. The van der Waals surface area contributed by atoms with Crippen molar-refractivity contribution in [2.45, 2.75) is 92.0 Å². The van der Waals surface area contributed by atoms with Gasteiger partial charge in [-0.25, -0.2) is 4.98 Å². The molecule has 0 bridgehead atoms. The molecule has 0 aromatic carbocycles. The van der Waals surface area contributed by atoms with E-state index in [-0.39, 0.29) is 18.1 Å². The Bertz CT molecular complexity index is 872. The third-order valence-electron chi connectivity index (χ3n) is 6.67. The summed E-state index contributed by atoms with van der Waals surface area (Å²) in [6.45, 7) is 10.9. The highest BCUT2D eigenvalue weighted by atomic mass is 32.1. The molecule has 0 radical (unpaired) electrons. The quantitative estimate of drug-likeness (QED) is 0.466. The first kappa shape index (κ1) is 27.4. The third-order valence-corrected chi connectivity index (χ3v) is 7.46. The molecule has 33 heavy (non-hydrogen) atoms. The molecule has 0 fully saturated rings. The van der Waals surface area contributed by atoms with Crippen LogP contribution in [0.3, 0.4) is 0 Å². The van der Waals surface area contributed by atoms with E-state index in [1.165, 1.54) is 5.57 Å². The molecule has 1 aromatic heterocycles. The Balaban J connectivity index is 2.27. The number of carbonyl (C=O) groups is 2. The Morgan fingerprint density at radius 1 is 1.21 bits per heavy atom. The van der Waals surface area contributed by atoms with Crippen molar-refractivity contribution < 1.29 is 24.5 Å². The van der Waals surface area contributed by atoms with Crippen molar-refractivity contribution in [2.24, 2.45) is 17.3 Å². The van der Waals surface area contributed by atoms with Crippen LogP contribution in [0.25, 0.3) is 6.08 Å². The van der Waals surface area contributed by atoms with Crippen LogP contribution < -0.4 is 0 Å². The first-order chi connectivity index (χ1) is 15.4. The van der Waals surface area contributed by atoms with Gasteiger partial charge < -0.3 is 14.9 Å². The van der Waals surface area contributed by atoms with Crippen molar-refractivity contribution in [2.75, 3.05) is 0 Å². The van der Waals surface area contributed by atoms with E-state index in [1.807, 2.05) is 31.4 Å². The predicted molar refractivity (Wildman–Crippen MR) is 132 cm³/mol. The molecule has 2 N–H and O–H groups in total. The predicted octanol–water partition coefficient (Wildman–Crippen LogP) is 4.88. The highest BCUT2D eigenvalue weighted by molar-refractivity contribution is 7.09. The summed E-state index contributed by atoms with van der Waals surface area (Å²) in [7, 11) is 0. The smallest absolute Gasteiger partial charge is 0.309 e. The number of hydrogen-bond donors (Lipinski definition) is 2. The molecule has 2 rings (SSSR count). The molecule has 1 aliphatic heterocycles. The number of carbonyl (C=O) groups excluding carboxylic acids is 2. The summed E-state index contributed by atoms with van der Waals surface area (Å²) >= 11 is 1.55. The molecule has 6 nitrogen and oxygen atoms in total. The fourth-order valence-electron chi connectivity index (χ4n) is 4.15. The SMILES string of the molecule is C/C1=C/C[C@@H](C=Cc2csc(C)n2)OC(=O)C[C@H](O)C(C)(C)C(=O)[C@H](C)[C@@H](O)[C@@H](C)CCC1. The van der Waals surface area contributed by atoms with E-state index < -0.39 is 35.6 Å². The summed E-state index contributed by atoms with van der Waals surface area (Å²) in [6.07, 6.45) is 6.04. The zero-order valence-electron chi connectivity index (χ0n) is 20.7. The van der Waals surface area contributed by atoms with Crippen LogP contribution in [0.5, 0.6) is 0 Å². The highest BCUT2D eigenvalue weighted by Gasteiger charge is 2.42. The number of aliphatic hydroxyl groups is 2. The van der Waals surface area contributed by atoms with Crippen LogP contribution in [0.1, 0.15) is 77.4 Å². The fourth-order valence-corrected chi connectivity index (χ4v) is 4.73. The Morgan fingerprint density at radius 3 is 2.55 bits per heavy atom. The Morgan fingerprint density at radius 2 is 1.91 bits per heavy atom. The molecule has 0 aliphatic carbocycles. The molecule has 0 spiro atoms. The van der Waals surface area contributed by atoms with Gasteiger partial charge >= 0.3 is 5.97 Å². The number of nitrogens with zero attached hydrogens (tertiary/aromatic N) is 1. The summed E-state index contributed by atoms with van der Waals surface area (Å²) in [4.78, 5) is 30.2. The molecule has 2 heterocycles. The summed E-state index contributed by atoms with van der Waals surface area (Å²) in [5, 5.41) is 24.4. The lowest BCUT2D eigenvalue weighted by Crippen LogP contribution is -2.45. The first-order valence-electron chi connectivity index (χ1n) is 11.8. The topological polar surface area (TPSA) is 96.7 Å². The van der Waals surface area contributed by atoms with E-state index in [1.54, 1.807) is 32.1 Å². The van der Waals surface area contributed by atoms with Crippen LogP contribution in [-0.4, -0.2) is 45.3 Å². The van der Waals surface area contributed by atoms with Crippen LogP contribution in [0.15, 0.2) is 23.1 Å². The van der Waals surface area contributed by atoms with Crippen molar-refractivity contribution in [1.29, 1.82) is 0 Å². The van der Waals surface area contributed by atoms with Crippen LogP contribution in [0.4, 0.5) is 0 Å². The van der Waals surface area contributed by atoms with Crippen LogP contribution in [0.2, 0.25) is 0 Å². The normalized spacial score (nSPS) is 32.4. The molecule has 0 saturated carbocycles. The number of ether oxygens (including phenoxy) is 1. The molecule has 1 aromatic rings. The second-order valence-electron chi connectivity index (χ2n) is 9.92. The first-order valence-corrected chi connectivity index (χ1v) is 12.7. The number of esters is 1. The number of rotatable bonds is 2. The number of Topliss-reactive ketones (excluding diaryl/α,β-unsaturated/α-hetero) is 1. The molecule has 1 aliphatic rings. The number of thiazole rings is 1. The largest absolute Gasteiger partial charge is 0.458 e. The number of allylic oxidation sites excluding steroid dienone is 1. The van der Waals surface area contributed by atoms with Gasteiger partial charge in [-0.3, -0.25) is 9.59 Å². The van der Waals surface area contributed by atoms with E-state index in [0.29, 0.717) is 6.42 Å². The number of hydrogen-bond acceptors (Lipinski definition) is 7. The van der Waals surface area contributed by atoms with Crippen molar-refractivity contribution in [3.63, 3.8) is 0 Å². The molecule has 0 unspecified atom stereocenters. The number of aliphatic hydroxyl groups excluding tert-OH is 2. The lowest BCUT2D eigenvalue weighted by Gasteiger charge is -2.34. The van der Waals surface area contributed by atoms with Crippen molar-refractivity contribution in [1.82, 2.24) is 4.98 Å². The molecule has 0 saturated heterocycles. The maximum Gasteiger partial charge on any atom is 0.309 e. The summed E-state index contributed by atoms with van der Waals surface area (Å²) in [5.74, 6) is -1.49. The summed E-state index contributed by atoms with van der Waals surface area (Å²) in [5.41, 5.74) is 0.818. The number of cyclic esters (lactones) is 1. The minimum atomic E-state index is -1.21. The lowest BCUT2D eigenvalue weighted by atomic mass is 9.73. The maximum absolute atomic E-state index is 13.1. The summed E-state index contributed by atoms with van der Waals surface area (Å²) in [6, 6.07) is 0. The van der Waals surface area contributed by atoms with Crippen LogP contribution in [0, 0.1) is 24.2 Å². The second kappa shape index (κ2) is 12.0. The standard InChI is InChI=1S/C26H39NO5S/c1-16-8-7-9-17(2)24(30)18(3)25(31)26(5,6)22(28)14-23(29)32-21(12-10-16)13-11-20-15-33-19(4)27-20/h10-11,13,15,17-18,21-22,24,28,30H,7-9,12,14H2,1-6H3/b13-11?,16-10-/t17-,18+,21-,22-,24-/m0/s1. The van der Waals surface area contributed by atoms with E-state index in [4.69, 9.17) is 4.74 Å². The Kier molecular flexibility index (Phi) is 10.0. The summed E-state index contributed by atoms with van der Waals surface area (Å²) < 4.78 is 5.68. The van der Waals surface area contributed by atoms with Crippen LogP contribution >= 0.6 is 11.3 Å². The van der Waals surface area contributed by atoms with Crippen molar-refractivity contribution in [3.8, 4) is 0 Å². The second-order valence-corrected chi connectivity index (χ2v) is 11.0. The number of aryl methyl sites for hydroxylation is 1. The van der Waals surface area contributed by atoms with Gasteiger partial charge in [0.1, 0.15) is 11.9 Å². The fraction of sp³-hybridized carbons (Fsp3) is 0.654. The van der Waals surface area contributed by atoms with Gasteiger partial charge in [0.05, 0.1) is 34.7 Å². The van der Waals surface area contributed by atoms with E-state index in [9.17, 15) is 19.8 Å². The van der Waals surface area contributed by atoms with E-state index >= 15 is 0 Å². The van der Waals surface area contributed by atoms with Gasteiger partial charge in [-0.15, -0.1) is 11.3 Å². The molecule has 5 atom stereocenters. The van der Waals surface area contributed by atoms with E-state index in [0.717, 1.165) is 30.0 Å². The highest BCUT2D eigenvalue weighted by Crippen LogP contribution is 2.32. The molecule has 0 amide bonds. The van der Waals surface area contributed by atoms with Gasteiger partial charge in [0.25, 0.3) is 0 Å².